The van der Waals surface area contributed by atoms with E-state index in [0.29, 0.717) is 5.92 Å². The maximum Gasteiger partial charge on any atom is 0.165 e. The van der Waals surface area contributed by atoms with Crippen LogP contribution in [0, 0.1) is 5.92 Å². The molecule has 1 aromatic carbocycles. The molecule has 0 amide bonds. The summed E-state index contributed by atoms with van der Waals surface area (Å²) in [7, 11) is 3.33. The van der Waals surface area contributed by atoms with Gasteiger partial charge in [-0.1, -0.05) is 26.0 Å². The van der Waals surface area contributed by atoms with E-state index in [1.807, 2.05) is 12.1 Å². The maximum atomic E-state index is 5.40. The predicted molar refractivity (Wildman–Crippen MR) is 79.0 cm³/mol. The van der Waals surface area contributed by atoms with Gasteiger partial charge in [0, 0.05) is 25.2 Å². The second-order valence-corrected chi connectivity index (χ2v) is 4.93. The molecule has 0 fully saturated rings. The van der Waals surface area contributed by atoms with Gasteiger partial charge in [-0.05, 0) is 18.5 Å². The summed E-state index contributed by atoms with van der Waals surface area (Å²) in [6.45, 7) is 8.18. The number of hydrogen-bond acceptors (Lipinski definition) is 4. The number of ether oxygens (including phenoxy) is 2. The van der Waals surface area contributed by atoms with Gasteiger partial charge in [0.25, 0.3) is 0 Å². The molecular weight excluding hydrogens is 240 g/mol. The van der Waals surface area contributed by atoms with Crippen LogP contribution in [0.1, 0.15) is 19.4 Å². The Morgan fingerprint density at radius 3 is 2.42 bits per heavy atom. The van der Waals surface area contributed by atoms with Crippen molar-refractivity contribution in [2.24, 2.45) is 5.92 Å². The predicted octanol–water partition coefficient (Wildman–Crippen LogP) is 2.04. The number of benzene rings is 1. The fourth-order valence-electron chi connectivity index (χ4n) is 1.88. The van der Waals surface area contributed by atoms with Gasteiger partial charge in [-0.3, -0.25) is 0 Å². The van der Waals surface area contributed by atoms with Crippen molar-refractivity contribution in [3.63, 3.8) is 0 Å². The SMILES string of the molecule is COc1cccc(CNCCNCC(C)C)c1OC. The number of hydrogen-bond donors (Lipinski definition) is 2. The van der Waals surface area contributed by atoms with Crippen LogP contribution in [0.15, 0.2) is 18.2 Å². The first-order chi connectivity index (χ1) is 9.19. The van der Waals surface area contributed by atoms with Gasteiger partial charge in [-0.2, -0.15) is 0 Å². The highest BCUT2D eigenvalue weighted by molar-refractivity contribution is 5.46. The lowest BCUT2D eigenvalue weighted by Gasteiger charge is -2.13. The molecule has 4 heteroatoms. The number of rotatable bonds is 9. The van der Waals surface area contributed by atoms with Gasteiger partial charge in [0.2, 0.25) is 0 Å². The number of nitrogens with one attached hydrogen (secondary N) is 2. The highest BCUT2D eigenvalue weighted by Crippen LogP contribution is 2.30. The van der Waals surface area contributed by atoms with Crippen molar-refractivity contribution >= 4 is 0 Å². The average molecular weight is 266 g/mol. The molecule has 0 aliphatic rings. The lowest BCUT2D eigenvalue weighted by Crippen LogP contribution is -2.29. The van der Waals surface area contributed by atoms with Crippen molar-refractivity contribution in [2.45, 2.75) is 20.4 Å². The molecule has 0 aromatic heterocycles. The fraction of sp³-hybridized carbons (Fsp3) is 0.600. The Morgan fingerprint density at radius 2 is 1.79 bits per heavy atom. The van der Waals surface area contributed by atoms with Crippen LogP contribution in [0.5, 0.6) is 11.5 Å². The number of para-hydroxylation sites is 1. The Hall–Kier alpha value is -1.26. The molecule has 0 aliphatic heterocycles. The van der Waals surface area contributed by atoms with Crippen LogP contribution in [-0.2, 0) is 6.54 Å². The van der Waals surface area contributed by atoms with Crippen LogP contribution >= 0.6 is 0 Å². The van der Waals surface area contributed by atoms with Crippen molar-refractivity contribution in [1.29, 1.82) is 0 Å². The Labute approximate surface area is 116 Å². The summed E-state index contributed by atoms with van der Waals surface area (Å²) in [5.41, 5.74) is 1.12. The molecule has 0 atom stereocenters. The highest BCUT2D eigenvalue weighted by Gasteiger charge is 2.08. The van der Waals surface area contributed by atoms with Gasteiger partial charge < -0.3 is 20.1 Å². The quantitative estimate of drug-likeness (QED) is 0.671. The van der Waals surface area contributed by atoms with E-state index >= 15 is 0 Å². The third-order valence-corrected chi connectivity index (χ3v) is 2.83. The summed E-state index contributed by atoms with van der Waals surface area (Å²) in [6, 6.07) is 5.94. The zero-order valence-corrected chi connectivity index (χ0v) is 12.5. The van der Waals surface area contributed by atoms with Crippen LogP contribution in [0.4, 0.5) is 0 Å². The van der Waals surface area contributed by atoms with Crippen molar-refractivity contribution in [3.05, 3.63) is 23.8 Å². The normalized spacial score (nSPS) is 10.8. The molecule has 0 radical (unpaired) electrons. The summed E-state index contributed by atoms with van der Waals surface area (Å²) in [4.78, 5) is 0. The molecule has 4 nitrogen and oxygen atoms in total. The molecule has 0 saturated heterocycles. The van der Waals surface area contributed by atoms with Gasteiger partial charge in [-0.15, -0.1) is 0 Å². The molecule has 0 saturated carbocycles. The monoisotopic (exact) mass is 266 g/mol. The van der Waals surface area contributed by atoms with E-state index < -0.39 is 0 Å². The zero-order valence-electron chi connectivity index (χ0n) is 12.5. The standard InChI is InChI=1S/C15H26N2O2/c1-12(2)10-16-8-9-17-11-13-6-5-7-14(18-3)15(13)19-4/h5-7,12,16-17H,8-11H2,1-4H3. The fourth-order valence-corrected chi connectivity index (χ4v) is 1.88. The van der Waals surface area contributed by atoms with Crippen LogP contribution in [0.25, 0.3) is 0 Å². The van der Waals surface area contributed by atoms with Gasteiger partial charge in [0.05, 0.1) is 14.2 Å². The van der Waals surface area contributed by atoms with E-state index in [-0.39, 0.29) is 0 Å². The van der Waals surface area contributed by atoms with Crippen molar-refractivity contribution < 1.29 is 9.47 Å². The minimum absolute atomic E-state index is 0.693. The third-order valence-electron chi connectivity index (χ3n) is 2.83. The summed E-state index contributed by atoms with van der Waals surface area (Å²) >= 11 is 0. The molecule has 0 bridgehead atoms. The molecule has 2 N–H and O–H groups in total. The van der Waals surface area contributed by atoms with Crippen molar-refractivity contribution in [3.8, 4) is 11.5 Å². The van der Waals surface area contributed by atoms with Gasteiger partial charge >= 0.3 is 0 Å². The van der Waals surface area contributed by atoms with E-state index in [4.69, 9.17) is 9.47 Å². The summed E-state index contributed by atoms with van der Waals surface area (Å²) < 4.78 is 10.7. The molecule has 19 heavy (non-hydrogen) atoms. The zero-order chi connectivity index (χ0) is 14.1. The first-order valence-electron chi connectivity index (χ1n) is 6.80. The lowest BCUT2D eigenvalue weighted by molar-refractivity contribution is 0.350. The Morgan fingerprint density at radius 1 is 1.05 bits per heavy atom. The minimum atomic E-state index is 0.693. The molecule has 0 aliphatic carbocycles. The van der Waals surface area contributed by atoms with E-state index in [0.717, 1.165) is 43.2 Å². The maximum absolute atomic E-state index is 5.40. The molecular formula is C15H26N2O2. The number of methoxy groups -OCH3 is 2. The van der Waals surface area contributed by atoms with E-state index in [9.17, 15) is 0 Å². The third kappa shape index (κ3) is 5.49. The molecule has 108 valence electrons. The molecule has 0 unspecified atom stereocenters. The molecule has 1 rings (SSSR count). The van der Waals surface area contributed by atoms with E-state index in [1.165, 1.54) is 0 Å². The second kappa shape index (κ2) is 8.77. The summed E-state index contributed by atoms with van der Waals surface area (Å²) in [5, 5.41) is 6.81. The summed E-state index contributed by atoms with van der Waals surface area (Å²) in [6.07, 6.45) is 0. The lowest BCUT2D eigenvalue weighted by atomic mass is 10.2. The first-order valence-corrected chi connectivity index (χ1v) is 6.80. The van der Waals surface area contributed by atoms with Crippen LogP contribution in [-0.4, -0.2) is 33.9 Å². The van der Waals surface area contributed by atoms with Crippen molar-refractivity contribution in [2.75, 3.05) is 33.9 Å². The Bertz CT molecular complexity index is 367. The minimum Gasteiger partial charge on any atom is -0.493 e. The van der Waals surface area contributed by atoms with Gasteiger partial charge in [0.15, 0.2) is 11.5 Å². The van der Waals surface area contributed by atoms with Crippen LogP contribution < -0.4 is 20.1 Å². The highest BCUT2D eigenvalue weighted by atomic mass is 16.5. The Kier molecular flexibility index (Phi) is 7.30. The van der Waals surface area contributed by atoms with Crippen LogP contribution in [0.2, 0.25) is 0 Å². The van der Waals surface area contributed by atoms with Crippen molar-refractivity contribution in [1.82, 2.24) is 10.6 Å². The second-order valence-electron chi connectivity index (χ2n) is 4.93. The van der Waals surface area contributed by atoms with Crippen LogP contribution in [0.3, 0.4) is 0 Å². The topological polar surface area (TPSA) is 42.5 Å². The average Bonchev–Trinajstić information content (AvgIpc) is 2.41. The molecule has 1 aromatic rings. The van der Waals surface area contributed by atoms with E-state index in [1.54, 1.807) is 14.2 Å². The first kappa shape index (κ1) is 15.8. The Balaban J connectivity index is 2.37. The largest absolute Gasteiger partial charge is 0.493 e. The van der Waals surface area contributed by atoms with Gasteiger partial charge in [0.1, 0.15) is 0 Å². The van der Waals surface area contributed by atoms with Gasteiger partial charge in [-0.25, -0.2) is 0 Å². The summed E-state index contributed by atoms with van der Waals surface area (Å²) in [5.74, 6) is 2.28. The molecule has 0 heterocycles. The molecule has 0 spiro atoms. The smallest absolute Gasteiger partial charge is 0.165 e. The van der Waals surface area contributed by atoms with E-state index in [2.05, 4.69) is 30.5 Å².